The molecule has 0 bridgehead atoms. The van der Waals surface area contributed by atoms with Crippen LogP contribution in [0.4, 0.5) is 10.1 Å². The lowest BCUT2D eigenvalue weighted by molar-refractivity contribution is 0.0935. The van der Waals surface area contributed by atoms with Gasteiger partial charge in [0.15, 0.2) is 0 Å². The van der Waals surface area contributed by atoms with Gasteiger partial charge in [-0.25, -0.2) is 4.39 Å². The van der Waals surface area contributed by atoms with E-state index in [2.05, 4.69) is 10.7 Å². The molecular weight excluding hydrogens is 253 g/mol. The van der Waals surface area contributed by atoms with E-state index in [0.29, 0.717) is 0 Å². The predicted octanol–water partition coefficient (Wildman–Crippen LogP) is 1.74. The highest BCUT2D eigenvalue weighted by Gasteiger charge is 2.19. The molecule has 1 aromatic carbocycles. The van der Waals surface area contributed by atoms with Crippen LogP contribution in [0.5, 0.6) is 0 Å². The van der Waals surface area contributed by atoms with Crippen molar-refractivity contribution < 1.29 is 9.18 Å². The molecule has 1 amide bonds. The van der Waals surface area contributed by atoms with Crippen molar-refractivity contribution in [2.75, 3.05) is 16.9 Å². The van der Waals surface area contributed by atoms with Crippen LogP contribution >= 0.6 is 11.8 Å². The van der Waals surface area contributed by atoms with E-state index in [1.54, 1.807) is 6.07 Å². The fraction of sp³-hybridized carbons (Fsp3) is 0.417. The van der Waals surface area contributed by atoms with Crippen molar-refractivity contribution in [2.24, 2.45) is 5.84 Å². The minimum absolute atomic E-state index is 0.0418. The molecule has 0 unspecified atom stereocenters. The number of hydrogen-bond acceptors (Lipinski definition) is 4. The van der Waals surface area contributed by atoms with E-state index in [-0.39, 0.29) is 23.2 Å². The summed E-state index contributed by atoms with van der Waals surface area (Å²) in [6, 6.07) is 4.50. The number of para-hydroxylation sites is 1. The molecule has 0 aromatic heterocycles. The Hall–Kier alpha value is -1.27. The first-order chi connectivity index (χ1) is 8.72. The second-order valence-corrected chi connectivity index (χ2v) is 5.39. The Morgan fingerprint density at radius 1 is 1.39 bits per heavy atom. The summed E-state index contributed by atoms with van der Waals surface area (Å²) in [6.07, 6.45) is 1.91. The minimum Gasteiger partial charge on any atom is -0.349 e. The molecule has 1 aliphatic heterocycles. The predicted molar refractivity (Wildman–Crippen MR) is 72.0 cm³/mol. The van der Waals surface area contributed by atoms with Crippen molar-refractivity contribution in [1.29, 1.82) is 0 Å². The summed E-state index contributed by atoms with van der Waals surface area (Å²) in [5.41, 5.74) is 2.53. The summed E-state index contributed by atoms with van der Waals surface area (Å²) in [5.74, 6) is 6.55. The van der Waals surface area contributed by atoms with E-state index < -0.39 is 5.82 Å². The Labute approximate surface area is 109 Å². The molecule has 1 saturated heterocycles. The van der Waals surface area contributed by atoms with Gasteiger partial charge in [-0.3, -0.25) is 10.6 Å². The molecule has 1 heterocycles. The van der Waals surface area contributed by atoms with Crippen LogP contribution in [-0.4, -0.2) is 23.5 Å². The summed E-state index contributed by atoms with van der Waals surface area (Å²) in [5, 5.41) is 2.92. The summed E-state index contributed by atoms with van der Waals surface area (Å²) < 4.78 is 13.5. The average Bonchev–Trinajstić information content (AvgIpc) is 2.39. The van der Waals surface area contributed by atoms with Crippen LogP contribution in [0.15, 0.2) is 18.2 Å². The smallest absolute Gasteiger partial charge is 0.253 e. The van der Waals surface area contributed by atoms with Crippen LogP contribution in [0, 0.1) is 5.82 Å². The number of hydrogen-bond donors (Lipinski definition) is 3. The van der Waals surface area contributed by atoms with Gasteiger partial charge in [0.05, 0.1) is 11.3 Å². The Morgan fingerprint density at radius 3 is 2.78 bits per heavy atom. The van der Waals surface area contributed by atoms with E-state index in [9.17, 15) is 9.18 Å². The second-order valence-electron chi connectivity index (χ2n) is 4.17. The number of benzene rings is 1. The van der Waals surface area contributed by atoms with Crippen molar-refractivity contribution in [2.45, 2.75) is 18.9 Å². The first-order valence-electron chi connectivity index (χ1n) is 5.86. The number of carbonyl (C=O) groups excluding carboxylic acids is 1. The van der Waals surface area contributed by atoms with Crippen molar-refractivity contribution in [3.05, 3.63) is 29.6 Å². The standard InChI is InChI=1S/C12H16FN3OS/c13-10-3-1-2-9(11(10)16-14)12(17)15-8-4-6-18-7-5-8/h1-3,8,16H,4-7,14H2,(H,15,17). The van der Waals surface area contributed by atoms with Crippen LogP contribution in [0.25, 0.3) is 0 Å². The SMILES string of the molecule is NNc1c(F)cccc1C(=O)NC1CCSCC1. The van der Waals surface area contributed by atoms with Gasteiger partial charge in [-0.15, -0.1) is 0 Å². The number of nitrogens with two attached hydrogens (primary N) is 1. The van der Waals surface area contributed by atoms with Gasteiger partial charge in [0, 0.05) is 6.04 Å². The maximum Gasteiger partial charge on any atom is 0.253 e. The van der Waals surface area contributed by atoms with Crippen LogP contribution < -0.4 is 16.6 Å². The molecule has 1 aliphatic rings. The van der Waals surface area contributed by atoms with Gasteiger partial charge in [0.2, 0.25) is 0 Å². The van der Waals surface area contributed by atoms with Crippen molar-refractivity contribution in [3.8, 4) is 0 Å². The molecule has 1 aromatic rings. The molecule has 18 heavy (non-hydrogen) atoms. The third kappa shape index (κ3) is 2.94. The maximum absolute atomic E-state index is 13.5. The van der Waals surface area contributed by atoms with E-state index in [1.807, 2.05) is 11.8 Å². The normalized spacial score (nSPS) is 16.3. The molecule has 4 N–H and O–H groups in total. The Balaban J connectivity index is 2.10. The van der Waals surface area contributed by atoms with Crippen molar-refractivity contribution in [3.63, 3.8) is 0 Å². The van der Waals surface area contributed by atoms with Gasteiger partial charge in [-0.2, -0.15) is 11.8 Å². The number of thioether (sulfide) groups is 1. The third-order valence-electron chi connectivity index (χ3n) is 2.96. The molecular formula is C12H16FN3OS. The van der Waals surface area contributed by atoms with Crippen molar-refractivity contribution >= 4 is 23.4 Å². The molecule has 0 saturated carbocycles. The monoisotopic (exact) mass is 269 g/mol. The second kappa shape index (κ2) is 6.06. The van der Waals surface area contributed by atoms with Gasteiger partial charge in [-0.05, 0) is 36.5 Å². The fourth-order valence-corrected chi connectivity index (χ4v) is 3.07. The highest BCUT2D eigenvalue weighted by molar-refractivity contribution is 7.99. The number of rotatable bonds is 3. The van der Waals surface area contributed by atoms with Crippen LogP contribution in [0.2, 0.25) is 0 Å². The number of anilines is 1. The largest absolute Gasteiger partial charge is 0.349 e. The zero-order chi connectivity index (χ0) is 13.0. The van der Waals surface area contributed by atoms with Crippen LogP contribution in [0.3, 0.4) is 0 Å². The average molecular weight is 269 g/mol. The number of nitrogen functional groups attached to an aromatic ring is 1. The molecule has 0 radical (unpaired) electrons. The topological polar surface area (TPSA) is 67.1 Å². The summed E-state index contributed by atoms with van der Waals surface area (Å²) in [4.78, 5) is 12.1. The van der Waals surface area contributed by atoms with Gasteiger partial charge in [-0.1, -0.05) is 6.07 Å². The number of halogens is 1. The Kier molecular flexibility index (Phi) is 4.43. The summed E-state index contributed by atoms with van der Waals surface area (Å²) in [6.45, 7) is 0. The maximum atomic E-state index is 13.5. The number of hydrazine groups is 1. The van der Waals surface area contributed by atoms with E-state index >= 15 is 0 Å². The van der Waals surface area contributed by atoms with Crippen LogP contribution in [-0.2, 0) is 0 Å². The van der Waals surface area contributed by atoms with Crippen LogP contribution in [0.1, 0.15) is 23.2 Å². The lowest BCUT2D eigenvalue weighted by atomic mass is 10.1. The lowest BCUT2D eigenvalue weighted by Crippen LogP contribution is -2.37. The first-order valence-corrected chi connectivity index (χ1v) is 7.01. The highest BCUT2D eigenvalue weighted by Crippen LogP contribution is 2.21. The fourth-order valence-electron chi connectivity index (χ4n) is 1.97. The molecule has 1 fully saturated rings. The molecule has 0 atom stereocenters. The lowest BCUT2D eigenvalue weighted by Gasteiger charge is -2.23. The third-order valence-corrected chi connectivity index (χ3v) is 4.01. The van der Waals surface area contributed by atoms with Gasteiger partial charge in [0.1, 0.15) is 5.82 Å². The molecule has 4 nitrogen and oxygen atoms in total. The molecule has 98 valence electrons. The highest BCUT2D eigenvalue weighted by atomic mass is 32.2. The molecule has 6 heteroatoms. The first kappa shape index (κ1) is 13.2. The molecule has 0 spiro atoms. The van der Waals surface area contributed by atoms with Gasteiger partial charge >= 0.3 is 0 Å². The Bertz CT molecular complexity index is 435. The van der Waals surface area contributed by atoms with E-state index in [0.717, 1.165) is 24.3 Å². The zero-order valence-electron chi connectivity index (χ0n) is 9.91. The quantitative estimate of drug-likeness (QED) is 0.577. The molecule has 2 rings (SSSR count). The van der Waals surface area contributed by atoms with Gasteiger partial charge in [0.25, 0.3) is 5.91 Å². The minimum atomic E-state index is -0.524. The Morgan fingerprint density at radius 2 is 2.11 bits per heavy atom. The van der Waals surface area contributed by atoms with Crippen molar-refractivity contribution in [1.82, 2.24) is 5.32 Å². The number of amides is 1. The summed E-state index contributed by atoms with van der Waals surface area (Å²) in [7, 11) is 0. The molecule has 0 aliphatic carbocycles. The number of nitrogens with one attached hydrogen (secondary N) is 2. The summed E-state index contributed by atoms with van der Waals surface area (Å²) >= 11 is 1.89. The van der Waals surface area contributed by atoms with Gasteiger partial charge < -0.3 is 10.7 Å². The zero-order valence-corrected chi connectivity index (χ0v) is 10.7. The van der Waals surface area contributed by atoms with E-state index in [4.69, 9.17) is 5.84 Å². The number of carbonyl (C=O) groups is 1. The van der Waals surface area contributed by atoms with E-state index in [1.165, 1.54) is 12.1 Å².